The third kappa shape index (κ3) is 4.87. The first-order valence-corrected chi connectivity index (χ1v) is 8.95. The average molecular weight is 322 g/mol. The quantitative estimate of drug-likeness (QED) is 0.936. The van der Waals surface area contributed by atoms with Gasteiger partial charge >= 0.3 is 0 Å². The fourth-order valence-corrected chi connectivity index (χ4v) is 2.86. The molecule has 7 heteroatoms. The zero-order valence-corrected chi connectivity index (χ0v) is 12.9. The lowest BCUT2D eigenvalue weighted by molar-refractivity contribution is 0.269. The molecule has 2 aromatic rings. The van der Waals surface area contributed by atoms with Gasteiger partial charge in [-0.2, -0.15) is 0 Å². The summed E-state index contributed by atoms with van der Waals surface area (Å²) in [5.74, 6) is 0.529. The summed E-state index contributed by atoms with van der Waals surface area (Å²) in [6.07, 6.45) is 4.53. The van der Waals surface area contributed by atoms with E-state index in [0.717, 1.165) is 23.6 Å². The first-order valence-electron chi connectivity index (χ1n) is 6.08. The van der Waals surface area contributed by atoms with Crippen LogP contribution >= 0.6 is 11.8 Å². The predicted octanol–water partition coefficient (Wildman–Crippen LogP) is 2.95. The molecule has 1 aromatic carbocycles. The summed E-state index contributed by atoms with van der Waals surface area (Å²) in [5.41, 5.74) is 1.52. The Labute approximate surface area is 127 Å². The van der Waals surface area contributed by atoms with Gasteiger partial charge in [-0.25, -0.2) is 8.42 Å². The lowest BCUT2D eigenvalue weighted by Crippen LogP contribution is -2.05. The van der Waals surface area contributed by atoms with Crippen molar-refractivity contribution in [3.63, 3.8) is 0 Å². The summed E-state index contributed by atoms with van der Waals surface area (Å²) in [4.78, 5) is 16.0. The first-order chi connectivity index (χ1) is 9.95. The molecular weight excluding hydrogens is 308 g/mol. The number of aromatic nitrogens is 1. The van der Waals surface area contributed by atoms with Crippen LogP contribution in [0.5, 0.6) is 0 Å². The van der Waals surface area contributed by atoms with Crippen LogP contribution in [0.15, 0.2) is 53.7 Å². The number of benzene rings is 1. The molecule has 1 N–H and O–H groups in total. The summed E-state index contributed by atoms with van der Waals surface area (Å²) in [6.45, 7) is 0. The Hall–Kier alpha value is -1.86. The van der Waals surface area contributed by atoms with Crippen LogP contribution in [0.4, 0.5) is 10.5 Å². The second-order valence-electron chi connectivity index (χ2n) is 4.36. The molecule has 110 valence electrons. The highest BCUT2D eigenvalue weighted by atomic mass is 32.2. The van der Waals surface area contributed by atoms with Crippen LogP contribution in [0.3, 0.4) is 0 Å². The zero-order valence-electron chi connectivity index (χ0n) is 11.3. The van der Waals surface area contributed by atoms with Gasteiger partial charge in [-0.05, 0) is 35.9 Å². The number of pyridine rings is 1. The van der Waals surface area contributed by atoms with E-state index in [2.05, 4.69) is 10.3 Å². The van der Waals surface area contributed by atoms with Gasteiger partial charge in [-0.15, -0.1) is 0 Å². The number of nitrogens with zero attached hydrogens (tertiary/aromatic N) is 1. The first kappa shape index (κ1) is 15.5. The van der Waals surface area contributed by atoms with Gasteiger partial charge in [0.2, 0.25) is 0 Å². The van der Waals surface area contributed by atoms with Gasteiger partial charge in [-0.1, -0.05) is 17.8 Å². The lowest BCUT2D eigenvalue weighted by atomic mass is 10.3. The topological polar surface area (TPSA) is 76.1 Å². The van der Waals surface area contributed by atoms with Crippen molar-refractivity contribution in [1.29, 1.82) is 0 Å². The molecule has 1 heterocycles. The molecule has 0 saturated carbocycles. The normalized spacial score (nSPS) is 11.1. The standard InChI is InChI=1S/C14H14N2O3S2/c1-21(18,19)13-6-4-12(5-7-13)16-14(17)20-10-11-3-2-8-15-9-11/h2-9H,10H2,1H3,(H,16,17). The molecule has 0 spiro atoms. The molecule has 0 fully saturated rings. The number of anilines is 1. The lowest BCUT2D eigenvalue weighted by Gasteiger charge is -2.05. The summed E-state index contributed by atoms with van der Waals surface area (Å²) in [5, 5.41) is 2.50. The number of rotatable bonds is 4. The predicted molar refractivity (Wildman–Crippen MR) is 84.1 cm³/mol. The smallest absolute Gasteiger partial charge is 0.283 e. The van der Waals surface area contributed by atoms with Gasteiger partial charge in [-0.3, -0.25) is 9.78 Å². The third-order valence-electron chi connectivity index (χ3n) is 2.62. The third-order valence-corrected chi connectivity index (χ3v) is 4.59. The SMILES string of the molecule is CS(=O)(=O)c1ccc(NC(=O)SCc2cccnc2)cc1. The summed E-state index contributed by atoms with van der Waals surface area (Å²) >= 11 is 1.13. The molecule has 1 aromatic heterocycles. The largest absolute Gasteiger partial charge is 0.317 e. The van der Waals surface area contributed by atoms with Crippen molar-refractivity contribution in [3.8, 4) is 0 Å². The summed E-state index contributed by atoms with van der Waals surface area (Å²) < 4.78 is 22.7. The minimum atomic E-state index is -3.22. The Morgan fingerprint density at radius 3 is 2.52 bits per heavy atom. The second kappa shape index (κ2) is 6.73. The summed E-state index contributed by atoms with van der Waals surface area (Å²) in [6, 6.07) is 9.79. The van der Waals surface area contributed by atoms with E-state index in [-0.39, 0.29) is 10.1 Å². The summed E-state index contributed by atoms with van der Waals surface area (Å²) in [7, 11) is -3.22. The average Bonchev–Trinajstić information content (AvgIpc) is 2.46. The minimum absolute atomic E-state index is 0.203. The number of carbonyl (C=O) groups excluding carboxylic acids is 1. The second-order valence-corrected chi connectivity index (χ2v) is 7.32. The Morgan fingerprint density at radius 2 is 1.95 bits per heavy atom. The van der Waals surface area contributed by atoms with Crippen molar-refractivity contribution < 1.29 is 13.2 Å². The van der Waals surface area contributed by atoms with Gasteiger partial charge in [0.15, 0.2) is 9.84 Å². The van der Waals surface area contributed by atoms with Crippen molar-refractivity contribution in [2.75, 3.05) is 11.6 Å². The van der Waals surface area contributed by atoms with E-state index in [1.54, 1.807) is 24.5 Å². The van der Waals surface area contributed by atoms with E-state index in [1.165, 1.54) is 12.1 Å². The van der Waals surface area contributed by atoms with Crippen molar-refractivity contribution in [2.45, 2.75) is 10.6 Å². The fourth-order valence-electron chi connectivity index (χ4n) is 1.57. The van der Waals surface area contributed by atoms with Crippen molar-refractivity contribution in [1.82, 2.24) is 4.98 Å². The van der Waals surface area contributed by atoms with Crippen LogP contribution in [0.2, 0.25) is 0 Å². The van der Waals surface area contributed by atoms with Crippen LogP contribution < -0.4 is 5.32 Å². The molecule has 0 unspecified atom stereocenters. The maximum absolute atomic E-state index is 11.8. The molecular formula is C14H14N2O3S2. The fraction of sp³-hybridized carbons (Fsp3) is 0.143. The molecule has 21 heavy (non-hydrogen) atoms. The Morgan fingerprint density at radius 1 is 1.24 bits per heavy atom. The molecule has 2 rings (SSSR count). The number of amides is 1. The van der Waals surface area contributed by atoms with Crippen LogP contribution in [0.1, 0.15) is 5.56 Å². The molecule has 1 amide bonds. The number of nitrogens with one attached hydrogen (secondary N) is 1. The molecule has 0 aliphatic heterocycles. The van der Waals surface area contributed by atoms with E-state index >= 15 is 0 Å². The molecule has 0 bridgehead atoms. The Kier molecular flexibility index (Phi) is 4.98. The van der Waals surface area contributed by atoms with Crippen LogP contribution in [-0.2, 0) is 15.6 Å². The van der Waals surface area contributed by atoms with E-state index in [0.29, 0.717) is 11.4 Å². The molecule has 0 aliphatic rings. The van der Waals surface area contributed by atoms with Gasteiger partial charge < -0.3 is 5.32 Å². The highest BCUT2D eigenvalue weighted by molar-refractivity contribution is 8.13. The number of hydrogen-bond donors (Lipinski definition) is 1. The van der Waals surface area contributed by atoms with E-state index < -0.39 is 9.84 Å². The van der Waals surface area contributed by atoms with Crippen LogP contribution in [0.25, 0.3) is 0 Å². The number of sulfone groups is 1. The molecule has 0 radical (unpaired) electrons. The Bertz CT molecular complexity index is 714. The molecule has 0 atom stereocenters. The molecule has 0 saturated heterocycles. The number of thioether (sulfide) groups is 1. The van der Waals surface area contributed by atoms with Crippen LogP contribution in [0, 0.1) is 0 Å². The highest BCUT2D eigenvalue weighted by Gasteiger charge is 2.08. The van der Waals surface area contributed by atoms with Gasteiger partial charge in [0.05, 0.1) is 4.90 Å². The van der Waals surface area contributed by atoms with E-state index in [9.17, 15) is 13.2 Å². The maximum Gasteiger partial charge on any atom is 0.283 e. The van der Waals surface area contributed by atoms with Crippen molar-refractivity contribution in [2.24, 2.45) is 0 Å². The maximum atomic E-state index is 11.8. The number of carbonyl (C=O) groups is 1. The van der Waals surface area contributed by atoms with E-state index in [1.807, 2.05) is 12.1 Å². The van der Waals surface area contributed by atoms with Gasteiger partial charge in [0, 0.05) is 30.1 Å². The van der Waals surface area contributed by atoms with Crippen LogP contribution in [-0.4, -0.2) is 24.9 Å². The van der Waals surface area contributed by atoms with E-state index in [4.69, 9.17) is 0 Å². The van der Waals surface area contributed by atoms with Crippen molar-refractivity contribution >= 4 is 32.5 Å². The zero-order chi connectivity index (χ0) is 15.3. The molecule has 0 aliphatic carbocycles. The monoisotopic (exact) mass is 322 g/mol. The highest BCUT2D eigenvalue weighted by Crippen LogP contribution is 2.18. The molecule has 5 nitrogen and oxygen atoms in total. The minimum Gasteiger partial charge on any atom is -0.317 e. The van der Waals surface area contributed by atoms with Gasteiger partial charge in [0.1, 0.15) is 0 Å². The Balaban J connectivity index is 1.91. The number of hydrogen-bond acceptors (Lipinski definition) is 5. The van der Waals surface area contributed by atoms with Gasteiger partial charge in [0.25, 0.3) is 5.24 Å². The van der Waals surface area contributed by atoms with Crippen molar-refractivity contribution in [3.05, 3.63) is 54.4 Å².